The number of nitrogens with zero attached hydrogens (tertiary/aromatic N) is 4. The van der Waals surface area contributed by atoms with E-state index in [0.717, 1.165) is 0 Å². The van der Waals surface area contributed by atoms with Crippen LogP contribution in [0.3, 0.4) is 0 Å². The SMILES string of the molecule is COC(=O)c1cnc(COC(=O)c2ncccc2-c2ccccn2)cn1. The molecule has 0 aromatic carbocycles. The normalized spacial score (nSPS) is 10.2. The molecule has 0 spiro atoms. The minimum atomic E-state index is -0.606. The van der Waals surface area contributed by atoms with Crippen LogP contribution in [0.15, 0.2) is 55.1 Å². The largest absolute Gasteiger partial charge is 0.464 e. The molecule has 8 nitrogen and oxygen atoms in total. The number of hydrogen-bond acceptors (Lipinski definition) is 8. The lowest BCUT2D eigenvalue weighted by molar-refractivity contribution is 0.0459. The average Bonchev–Trinajstić information content (AvgIpc) is 2.72. The molecule has 0 aliphatic heterocycles. The van der Waals surface area contributed by atoms with Gasteiger partial charge in [0.2, 0.25) is 0 Å². The molecule has 0 saturated carbocycles. The molecular formula is C18H14N4O4. The van der Waals surface area contributed by atoms with Gasteiger partial charge in [-0.15, -0.1) is 0 Å². The van der Waals surface area contributed by atoms with Crippen molar-refractivity contribution in [2.24, 2.45) is 0 Å². The van der Waals surface area contributed by atoms with Gasteiger partial charge < -0.3 is 9.47 Å². The fourth-order valence-electron chi connectivity index (χ4n) is 2.14. The van der Waals surface area contributed by atoms with Gasteiger partial charge in [-0.1, -0.05) is 6.07 Å². The third-order valence-electron chi connectivity index (χ3n) is 3.39. The van der Waals surface area contributed by atoms with Crippen molar-refractivity contribution in [2.75, 3.05) is 7.11 Å². The Morgan fingerprint density at radius 2 is 1.77 bits per heavy atom. The highest BCUT2D eigenvalue weighted by Crippen LogP contribution is 2.20. The van der Waals surface area contributed by atoms with Gasteiger partial charge in [0, 0.05) is 18.0 Å². The van der Waals surface area contributed by atoms with Gasteiger partial charge in [0.05, 0.1) is 30.9 Å². The molecule has 0 N–H and O–H groups in total. The lowest BCUT2D eigenvalue weighted by atomic mass is 10.1. The monoisotopic (exact) mass is 350 g/mol. The fourth-order valence-corrected chi connectivity index (χ4v) is 2.14. The summed E-state index contributed by atoms with van der Waals surface area (Å²) in [5, 5.41) is 0. The summed E-state index contributed by atoms with van der Waals surface area (Å²) in [6, 6.07) is 8.86. The number of rotatable bonds is 5. The molecule has 3 rings (SSSR count). The van der Waals surface area contributed by atoms with Crippen molar-refractivity contribution in [3.63, 3.8) is 0 Å². The van der Waals surface area contributed by atoms with Crippen LogP contribution in [0.4, 0.5) is 0 Å². The first-order valence-electron chi connectivity index (χ1n) is 7.62. The molecule has 3 heterocycles. The summed E-state index contributed by atoms with van der Waals surface area (Å²) < 4.78 is 9.80. The number of pyridine rings is 2. The van der Waals surface area contributed by atoms with E-state index in [-0.39, 0.29) is 18.0 Å². The number of hydrogen-bond donors (Lipinski definition) is 0. The number of aromatic nitrogens is 4. The average molecular weight is 350 g/mol. The number of carbonyl (C=O) groups excluding carboxylic acids is 2. The van der Waals surface area contributed by atoms with Crippen molar-refractivity contribution < 1.29 is 19.1 Å². The fraction of sp³-hybridized carbons (Fsp3) is 0.111. The highest BCUT2D eigenvalue weighted by Gasteiger charge is 2.17. The molecular weight excluding hydrogens is 336 g/mol. The highest BCUT2D eigenvalue weighted by molar-refractivity contribution is 5.94. The predicted octanol–water partition coefficient (Wildman–Crippen LogP) is 2.08. The van der Waals surface area contributed by atoms with Crippen LogP contribution in [0.1, 0.15) is 26.7 Å². The van der Waals surface area contributed by atoms with Crippen LogP contribution in [0.25, 0.3) is 11.3 Å². The number of methoxy groups -OCH3 is 1. The smallest absolute Gasteiger partial charge is 0.358 e. The molecule has 0 saturated heterocycles. The summed E-state index contributed by atoms with van der Waals surface area (Å²) in [4.78, 5) is 40.0. The van der Waals surface area contributed by atoms with Gasteiger partial charge in [0.25, 0.3) is 0 Å². The third kappa shape index (κ3) is 3.86. The van der Waals surface area contributed by atoms with Gasteiger partial charge in [0.15, 0.2) is 11.4 Å². The summed E-state index contributed by atoms with van der Waals surface area (Å²) in [6.07, 6.45) is 5.75. The van der Waals surface area contributed by atoms with Crippen molar-refractivity contribution in [2.45, 2.75) is 6.61 Å². The van der Waals surface area contributed by atoms with Crippen LogP contribution in [0.2, 0.25) is 0 Å². The molecule has 0 radical (unpaired) electrons. The van der Waals surface area contributed by atoms with E-state index in [2.05, 4.69) is 24.7 Å². The quantitative estimate of drug-likeness (QED) is 0.644. The van der Waals surface area contributed by atoms with E-state index in [4.69, 9.17) is 4.74 Å². The zero-order valence-electron chi connectivity index (χ0n) is 13.8. The molecule has 0 aliphatic carbocycles. The highest BCUT2D eigenvalue weighted by atomic mass is 16.5. The van der Waals surface area contributed by atoms with Crippen molar-refractivity contribution >= 4 is 11.9 Å². The molecule has 0 unspecified atom stereocenters. The van der Waals surface area contributed by atoms with E-state index in [0.29, 0.717) is 17.0 Å². The summed E-state index contributed by atoms with van der Waals surface area (Å²) >= 11 is 0. The Hall–Kier alpha value is -3.68. The third-order valence-corrected chi connectivity index (χ3v) is 3.39. The van der Waals surface area contributed by atoms with E-state index < -0.39 is 11.9 Å². The van der Waals surface area contributed by atoms with Gasteiger partial charge in [-0.2, -0.15) is 0 Å². The van der Waals surface area contributed by atoms with Crippen molar-refractivity contribution in [1.29, 1.82) is 0 Å². The standard InChI is InChI=1S/C18H14N4O4/c1-25-17(23)15-10-21-12(9-22-15)11-26-18(24)16-13(5-4-8-20-16)14-6-2-3-7-19-14/h2-10H,11H2,1H3. The van der Waals surface area contributed by atoms with E-state index >= 15 is 0 Å². The summed E-state index contributed by atoms with van der Waals surface area (Å²) in [5.41, 5.74) is 1.82. The minimum absolute atomic E-state index is 0.0738. The van der Waals surface area contributed by atoms with E-state index in [1.807, 2.05) is 6.07 Å². The molecule has 0 aliphatic rings. The van der Waals surface area contributed by atoms with Crippen LogP contribution in [-0.4, -0.2) is 39.0 Å². The Bertz CT molecular complexity index is 914. The number of carbonyl (C=O) groups is 2. The summed E-state index contributed by atoms with van der Waals surface area (Å²) in [6.45, 7) is -0.106. The van der Waals surface area contributed by atoms with Crippen LogP contribution in [-0.2, 0) is 16.1 Å². The van der Waals surface area contributed by atoms with Gasteiger partial charge in [0.1, 0.15) is 6.61 Å². The van der Waals surface area contributed by atoms with Crippen molar-refractivity contribution in [1.82, 2.24) is 19.9 Å². The summed E-state index contributed by atoms with van der Waals surface area (Å²) in [7, 11) is 1.26. The Labute approximate surface area is 148 Å². The molecule has 0 fully saturated rings. The first-order valence-corrected chi connectivity index (χ1v) is 7.62. The second-order valence-corrected chi connectivity index (χ2v) is 5.08. The molecule has 3 aromatic rings. The van der Waals surface area contributed by atoms with Gasteiger partial charge >= 0.3 is 11.9 Å². The van der Waals surface area contributed by atoms with E-state index in [1.54, 1.807) is 30.5 Å². The Morgan fingerprint density at radius 1 is 0.923 bits per heavy atom. The van der Waals surface area contributed by atoms with Gasteiger partial charge in [-0.05, 0) is 24.3 Å². The van der Waals surface area contributed by atoms with Crippen LogP contribution in [0.5, 0.6) is 0 Å². The summed E-state index contributed by atoms with van der Waals surface area (Å²) in [5.74, 6) is -1.19. The second-order valence-electron chi connectivity index (χ2n) is 5.08. The molecule has 8 heteroatoms. The number of esters is 2. The Balaban J connectivity index is 1.72. The maximum absolute atomic E-state index is 12.4. The van der Waals surface area contributed by atoms with E-state index in [9.17, 15) is 9.59 Å². The molecule has 130 valence electrons. The van der Waals surface area contributed by atoms with Crippen molar-refractivity contribution in [3.8, 4) is 11.3 Å². The number of ether oxygens (including phenoxy) is 2. The zero-order valence-corrected chi connectivity index (χ0v) is 13.8. The maximum atomic E-state index is 12.4. The molecule has 0 atom stereocenters. The first kappa shape index (κ1) is 17.2. The lowest BCUT2D eigenvalue weighted by Crippen LogP contribution is -2.11. The maximum Gasteiger partial charge on any atom is 0.358 e. The van der Waals surface area contributed by atoms with Crippen LogP contribution >= 0.6 is 0 Å². The molecule has 3 aromatic heterocycles. The van der Waals surface area contributed by atoms with Gasteiger partial charge in [-0.25, -0.2) is 19.6 Å². The minimum Gasteiger partial charge on any atom is -0.464 e. The molecule has 26 heavy (non-hydrogen) atoms. The first-order chi connectivity index (χ1) is 12.7. The molecule has 0 bridgehead atoms. The molecule has 0 amide bonds. The predicted molar refractivity (Wildman–Crippen MR) is 90.0 cm³/mol. The second kappa shape index (κ2) is 7.93. The Kier molecular flexibility index (Phi) is 5.23. The lowest BCUT2D eigenvalue weighted by Gasteiger charge is -2.08. The van der Waals surface area contributed by atoms with Crippen molar-refractivity contribution in [3.05, 3.63) is 72.2 Å². The van der Waals surface area contributed by atoms with Crippen LogP contribution in [0, 0.1) is 0 Å². The topological polar surface area (TPSA) is 104 Å². The van der Waals surface area contributed by atoms with Crippen LogP contribution < -0.4 is 0 Å². The van der Waals surface area contributed by atoms with Gasteiger partial charge in [-0.3, -0.25) is 9.97 Å². The van der Waals surface area contributed by atoms with E-state index in [1.165, 1.54) is 25.7 Å². The Morgan fingerprint density at radius 3 is 2.46 bits per heavy atom. The zero-order chi connectivity index (χ0) is 18.4.